The van der Waals surface area contributed by atoms with Crippen molar-refractivity contribution in [1.29, 1.82) is 0 Å². The van der Waals surface area contributed by atoms with Crippen LogP contribution >= 0.6 is 0 Å². The molecule has 1 heterocycles. The van der Waals surface area contributed by atoms with Crippen molar-refractivity contribution in [2.24, 2.45) is 0 Å². The molecule has 0 bridgehead atoms. The van der Waals surface area contributed by atoms with Gasteiger partial charge in [-0.1, -0.05) is 0 Å². The molecule has 4 N–H and O–H groups in total. The molecular weight excluding hydrogens is 377 g/mol. The van der Waals surface area contributed by atoms with Crippen LogP contribution in [0.4, 0.5) is 0 Å². The summed E-state index contributed by atoms with van der Waals surface area (Å²) in [6.45, 7) is 0. The summed E-state index contributed by atoms with van der Waals surface area (Å²) in [6, 6.07) is 7.37. The van der Waals surface area contributed by atoms with E-state index in [9.17, 15) is 25.2 Å². The second kappa shape index (κ2) is 5.69. The summed E-state index contributed by atoms with van der Waals surface area (Å²) in [5.74, 6) is -1.13. The van der Waals surface area contributed by atoms with E-state index in [1.165, 1.54) is 24.3 Å². The number of hydrogen-bond acceptors (Lipinski definition) is 6. The van der Waals surface area contributed by atoms with E-state index in [4.69, 9.17) is 4.42 Å². The van der Waals surface area contributed by atoms with Gasteiger partial charge in [-0.25, -0.2) is 0 Å². The molecule has 0 saturated heterocycles. The van der Waals surface area contributed by atoms with Crippen molar-refractivity contribution in [3.8, 4) is 34.3 Å². The molecule has 3 rings (SSSR count). The maximum Gasteiger partial charge on any atom is 0.197 e. The van der Waals surface area contributed by atoms with Gasteiger partial charge in [-0.2, -0.15) is 0 Å². The van der Waals surface area contributed by atoms with E-state index < -0.39 is 5.43 Å². The van der Waals surface area contributed by atoms with Crippen molar-refractivity contribution < 1.29 is 44.3 Å². The van der Waals surface area contributed by atoms with Gasteiger partial charge < -0.3 is 24.8 Å². The number of benzene rings is 2. The Labute approximate surface area is 136 Å². The Hall–Kier alpha value is -2.53. The van der Waals surface area contributed by atoms with E-state index in [1.54, 1.807) is 0 Å². The molecule has 0 fully saturated rings. The molecule has 0 radical (unpaired) electrons. The first kappa shape index (κ1) is 15.9. The summed E-state index contributed by atoms with van der Waals surface area (Å²) in [5, 5.41) is 37.9. The van der Waals surface area contributed by atoms with Crippen LogP contribution in [0.25, 0.3) is 22.3 Å². The zero-order valence-corrected chi connectivity index (χ0v) is 12.7. The first-order valence-corrected chi connectivity index (χ1v) is 5.98. The number of rotatable bonds is 1. The fraction of sp³-hybridized carbons (Fsp3) is 0. The Morgan fingerprint density at radius 3 is 2.23 bits per heavy atom. The average molecular weight is 387 g/mol. The molecule has 7 heteroatoms. The van der Waals surface area contributed by atoms with Gasteiger partial charge in [0.05, 0.1) is 0 Å². The van der Waals surface area contributed by atoms with Crippen molar-refractivity contribution in [3.05, 3.63) is 46.6 Å². The van der Waals surface area contributed by atoms with Crippen LogP contribution in [0.1, 0.15) is 0 Å². The summed E-state index contributed by atoms with van der Waals surface area (Å²) in [4.78, 5) is 12.0. The number of phenolic OH excluding ortho intramolecular Hbond substituents is 4. The zero-order valence-electron chi connectivity index (χ0n) is 10.9. The molecule has 0 amide bonds. The number of aromatic hydroxyl groups is 4. The number of hydrogen-bond donors (Lipinski definition) is 4. The van der Waals surface area contributed by atoms with Crippen LogP contribution in [-0.4, -0.2) is 20.4 Å². The maximum atomic E-state index is 12.0. The first-order chi connectivity index (χ1) is 9.95. The fourth-order valence-corrected chi connectivity index (χ4v) is 2.07. The molecule has 0 aliphatic carbocycles. The summed E-state index contributed by atoms with van der Waals surface area (Å²) in [6.07, 6.45) is 0. The zero-order chi connectivity index (χ0) is 15.1. The van der Waals surface area contributed by atoms with Gasteiger partial charge in [0.2, 0.25) is 0 Å². The van der Waals surface area contributed by atoms with Crippen molar-refractivity contribution >= 4 is 11.0 Å². The van der Waals surface area contributed by atoms with Gasteiger partial charge in [-0.05, 0) is 18.2 Å². The van der Waals surface area contributed by atoms with Crippen LogP contribution in [0.15, 0.2) is 45.6 Å². The maximum absolute atomic E-state index is 12.0. The van der Waals surface area contributed by atoms with Gasteiger partial charge >= 0.3 is 0 Å². The minimum Gasteiger partial charge on any atom is -0.508 e. The van der Waals surface area contributed by atoms with Crippen LogP contribution in [0.5, 0.6) is 23.0 Å². The summed E-state index contributed by atoms with van der Waals surface area (Å²) in [7, 11) is 0. The molecule has 6 nitrogen and oxygen atoms in total. The second-order valence-corrected chi connectivity index (χ2v) is 4.52. The largest absolute Gasteiger partial charge is 0.508 e. The Morgan fingerprint density at radius 2 is 1.55 bits per heavy atom. The normalized spacial score (nSPS) is 10.4. The van der Waals surface area contributed by atoms with E-state index in [-0.39, 0.29) is 59.2 Å². The monoisotopic (exact) mass is 388 g/mol. The van der Waals surface area contributed by atoms with Crippen molar-refractivity contribution in [1.82, 2.24) is 0 Å². The SMILES string of the molecule is O=c1cc(-c2ccc(O)c(O)c2)oc2cc(O)cc(O)c12.[Ru]. The molecule has 2 aromatic carbocycles. The minimum absolute atomic E-state index is 0. The Morgan fingerprint density at radius 1 is 0.818 bits per heavy atom. The number of phenols is 4. The van der Waals surface area contributed by atoms with Crippen LogP contribution in [0, 0.1) is 0 Å². The molecule has 1 aromatic heterocycles. The fourth-order valence-electron chi connectivity index (χ4n) is 2.07. The number of fused-ring (bicyclic) bond motifs is 1. The first-order valence-electron chi connectivity index (χ1n) is 5.98. The smallest absolute Gasteiger partial charge is 0.197 e. The van der Waals surface area contributed by atoms with Gasteiger partial charge in [0.25, 0.3) is 0 Å². The molecule has 3 aromatic rings. The van der Waals surface area contributed by atoms with E-state index >= 15 is 0 Å². The Balaban J connectivity index is 0.00000176. The van der Waals surface area contributed by atoms with Crippen LogP contribution < -0.4 is 5.43 Å². The Kier molecular flexibility index (Phi) is 4.10. The molecule has 0 aliphatic rings. The van der Waals surface area contributed by atoms with Gasteiger partial charge in [-0.3, -0.25) is 4.79 Å². The third-order valence-electron chi connectivity index (χ3n) is 3.05. The molecular formula is C15H10O6Ru. The molecule has 0 unspecified atom stereocenters. The third kappa shape index (κ3) is 2.63. The molecule has 114 valence electrons. The molecule has 0 atom stereocenters. The Bertz CT molecular complexity index is 916. The van der Waals surface area contributed by atoms with E-state index in [1.807, 2.05) is 0 Å². The van der Waals surface area contributed by atoms with Gasteiger partial charge in [0, 0.05) is 43.2 Å². The predicted octanol–water partition coefficient (Wildman–Crippen LogP) is 2.28. The molecule has 0 aliphatic heterocycles. The molecule has 0 spiro atoms. The van der Waals surface area contributed by atoms with E-state index in [2.05, 4.69) is 0 Å². The topological polar surface area (TPSA) is 111 Å². The summed E-state index contributed by atoms with van der Waals surface area (Å²) in [5.41, 5.74) is -0.106. The standard InChI is InChI=1S/C15H10O6.Ru/c16-8-4-11(19)15-12(20)6-13(21-14(15)5-8)7-1-2-9(17)10(18)3-7;/h1-6,16-19H;. The van der Waals surface area contributed by atoms with Crippen LogP contribution in [0.3, 0.4) is 0 Å². The van der Waals surface area contributed by atoms with E-state index in [0.29, 0.717) is 5.56 Å². The average Bonchev–Trinajstić information content (AvgIpc) is 2.40. The predicted molar refractivity (Wildman–Crippen MR) is 74.6 cm³/mol. The van der Waals surface area contributed by atoms with Gasteiger partial charge in [0.1, 0.15) is 28.2 Å². The quantitative estimate of drug-likeness (QED) is 0.377. The van der Waals surface area contributed by atoms with Crippen molar-refractivity contribution in [2.45, 2.75) is 0 Å². The summed E-state index contributed by atoms with van der Waals surface area (Å²) >= 11 is 0. The second-order valence-electron chi connectivity index (χ2n) is 4.52. The van der Waals surface area contributed by atoms with Gasteiger partial charge in [0.15, 0.2) is 16.9 Å². The third-order valence-corrected chi connectivity index (χ3v) is 3.05. The van der Waals surface area contributed by atoms with Gasteiger partial charge in [-0.15, -0.1) is 0 Å². The van der Waals surface area contributed by atoms with Crippen molar-refractivity contribution in [2.75, 3.05) is 0 Å². The van der Waals surface area contributed by atoms with E-state index in [0.717, 1.165) is 12.1 Å². The van der Waals surface area contributed by atoms with Crippen molar-refractivity contribution in [3.63, 3.8) is 0 Å². The van der Waals surface area contributed by atoms with Crippen LogP contribution in [-0.2, 0) is 19.5 Å². The summed E-state index contributed by atoms with van der Waals surface area (Å²) < 4.78 is 5.47. The minimum atomic E-state index is -0.490. The molecule has 0 saturated carbocycles. The van der Waals surface area contributed by atoms with Crippen LogP contribution in [0.2, 0.25) is 0 Å². The molecule has 22 heavy (non-hydrogen) atoms.